The highest BCUT2D eigenvalue weighted by Gasteiger charge is 2.20. The molecule has 5 nitrogen and oxygen atoms in total. The number of urea groups is 1. The second-order valence-electron chi connectivity index (χ2n) is 4.28. The van der Waals surface area contributed by atoms with Crippen molar-refractivity contribution in [2.75, 3.05) is 0 Å². The first-order valence-corrected chi connectivity index (χ1v) is 6.25. The van der Waals surface area contributed by atoms with E-state index in [1.807, 2.05) is 6.92 Å². The molecule has 3 N–H and O–H groups in total. The number of carbonyl (C=O) groups excluding carboxylic acids is 1. The number of hydrogen-bond acceptors (Lipinski definition) is 2. The largest absolute Gasteiger partial charge is 0.480 e. The first-order chi connectivity index (χ1) is 7.96. The van der Waals surface area contributed by atoms with Gasteiger partial charge in [-0.3, -0.25) is 0 Å². The molecule has 0 aromatic carbocycles. The van der Waals surface area contributed by atoms with Gasteiger partial charge in [0, 0.05) is 6.04 Å². The Morgan fingerprint density at radius 2 is 1.59 bits per heavy atom. The van der Waals surface area contributed by atoms with Crippen LogP contribution in [0.15, 0.2) is 0 Å². The van der Waals surface area contributed by atoms with Crippen LogP contribution in [0.25, 0.3) is 0 Å². The Hall–Kier alpha value is -1.26. The van der Waals surface area contributed by atoms with Gasteiger partial charge in [0.2, 0.25) is 0 Å². The van der Waals surface area contributed by atoms with Crippen LogP contribution in [0.5, 0.6) is 0 Å². The third-order valence-corrected chi connectivity index (χ3v) is 3.13. The van der Waals surface area contributed by atoms with E-state index in [0.29, 0.717) is 12.3 Å². The minimum Gasteiger partial charge on any atom is -0.480 e. The molecule has 0 aromatic rings. The highest BCUT2D eigenvalue weighted by molar-refractivity contribution is 5.82. The predicted octanol–water partition coefficient (Wildman–Crippen LogP) is 1.97. The van der Waals surface area contributed by atoms with Crippen LogP contribution in [-0.2, 0) is 4.79 Å². The molecule has 100 valence electrons. The van der Waals surface area contributed by atoms with Crippen LogP contribution < -0.4 is 10.6 Å². The number of hydrogen-bond donors (Lipinski definition) is 3. The molecule has 17 heavy (non-hydrogen) atoms. The molecule has 5 heteroatoms. The van der Waals surface area contributed by atoms with Crippen LogP contribution in [0.2, 0.25) is 0 Å². The van der Waals surface area contributed by atoms with E-state index in [0.717, 1.165) is 12.8 Å². The molecule has 0 fully saturated rings. The minimum absolute atomic E-state index is 0.0521. The summed E-state index contributed by atoms with van der Waals surface area (Å²) in [6.45, 7) is 7.83. The van der Waals surface area contributed by atoms with Gasteiger partial charge in [0.25, 0.3) is 0 Å². The summed E-state index contributed by atoms with van der Waals surface area (Å²) in [5.74, 6) is -0.580. The minimum atomic E-state index is -1.00. The molecule has 0 saturated carbocycles. The fourth-order valence-corrected chi connectivity index (χ4v) is 1.86. The van der Waals surface area contributed by atoms with Gasteiger partial charge in [0.05, 0.1) is 0 Å². The molecular formula is C12H24N2O3. The standard InChI is InChI=1S/C12H24N2O3/c1-5-9(6-2)8(4)13-12(17)14-10(7-3)11(15)16/h8-10H,5-7H2,1-4H3,(H,15,16)(H2,13,14,17). The van der Waals surface area contributed by atoms with Crippen LogP contribution in [0.1, 0.15) is 47.0 Å². The summed E-state index contributed by atoms with van der Waals surface area (Å²) < 4.78 is 0. The smallest absolute Gasteiger partial charge is 0.326 e. The summed E-state index contributed by atoms with van der Waals surface area (Å²) in [6, 6.07) is -1.17. The molecular weight excluding hydrogens is 220 g/mol. The first kappa shape index (κ1) is 15.7. The lowest BCUT2D eigenvalue weighted by molar-refractivity contribution is -0.139. The van der Waals surface area contributed by atoms with Crippen LogP contribution in [0.4, 0.5) is 4.79 Å². The summed E-state index contributed by atoms with van der Waals surface area (Å²) in [7, 11) is 0. The maximum atomic E-state index is 11.6. The van der Waals surface area contributed by atoms with Crippen molar-refractivity contribution in [3.8, 4) is 0 Å². The molecule has 2 amide bonds. The SMILES string of the molecule is CCC(NC(=O)NC(C)C(CC)CC)C(=O)O. The van der Waals surface area contributed by atoms with Gasteiger partial charge in [-0.1, -0.05) is 33.6 Å². The van der Waals surface area contributed by atoms with E-state index in [2.05, 4.69) is 24.5 Å². The topological polar surface area (TPSA) is 78.4 Å². The summed E-state index contributed by atoms with van der Waals surface area (Å²) in [6.07, 6.45) is 2.37. The van der Waals surface area contributed by atoms with Crippen molar-refractivity contribution < 1.29 is 14.7 Å². The van der Waals surface area contributed by atoms with Gasteiger partial charge in [-0.05, 0) is 19.3 Å². The molecule has 0 rings (SSSR count). The number of amides is 2. The Morgan fingerprint density at radius 1 is 1.06 bits per heavy atom. The fraction of sp³-hybridized carbons (Fsp3) is 0.833. The van der Waals surface area contributed by atoms with Crippen molar-refractivity contribution in [2.24, 2.45) is 5.92 Å². The highest BCUT2D eigenvalue weighted by Crippen LogP contribution is 2.12. The van der Waals surface area contributed by atoms with Crippen molar-refractivity contribution in [3.05, 3.63) is 0 Å². The van der Waals surface area contributed by atoms with Gasteiger partial charge in [0.1, 0.15) is 6.04 Å². The Morgan fingerprint density at radius 3 is 1.94 bits per heavy atom. The van der Waals surface area contributed by atoms with Gasteiger partial charge in [-0.25, -0.2) is 9.59 Å². The number of rotatable bonds is 7. The molecule has 2 atom stereocenters. The third-order valence-electron chi connectivity index (χ3n) is 3.13. The molecule has 0 bridgehead atoms. The van der Waals surface area contributed by atoms with E-state index in [1.54, 1.807) is 6.92 Å². The van der Waals surface area contributed by atoms with Crippen molar-refractivity contribution in [1.29, 1.82) is 0 Å². The molecule has 0 radical (unpaired) electrons. The molecule has 0 heterocycles. The summed E-state index contributed by atoms with van der Waals surface area (Å²) in [5, 5.41) is 14.1. The Kier molecular flexibility index (Phi) is 7.34. The lowest BCUT2D eigenvalue weighted by atomic mass is 9.96. The molecule has 0 aliphatic carbocycles. The van der Waals surface area contributed by atoms with E-state index < -0.39 is 18.0 Å². The lowest BCUT2D eigenvalue weighted by Crippen LogP contribution is -2.49. The Balaban J connectivity index is 4.21. The van der Waals surface area contributed by atoms with Gasteiger partial charge in [0.15, 0.2) is 0 Å². The fourth-order valence-electron chi connectivity index (χ4n) is 1.86. The van der Waals surface area contributed by atoms with Gasteiger partial charge >= 0.3 is 12.0 Å². The number of nitrogens with one attached hydrogen (secondary N) is 2. The molecule has 0 saturated heterocycles. The summed E-state index contributed by atoms with van der Waals surface area (Å²) in [4.78, 5) is 22.3. The van der Waals surface area contributed by atoms with Crippen LogP contribution in [0.3, 0.4) is 0 Å². The van der Waals surface area contributed by atoms with Crippen LogP contribution in [-0.4, -0.2) is 29.2 Å². The number of carboxylic acid groups (broad SMARTS) is 1. The molecule has 2 unspecified atom stereocenters. The third kappa shape index (κ3) is 5.56. The highest BCUT2D eigenvalue weighted by atomic mass is 16.4. The zero-order valence-electron chi connectivity index (χ0n) is 11.1. The van der Waals surface area contributed by atoms with E-state index in [9.17, 15) is 9.59 Å². The molecule has 0 aliphatic heterocycles. The van der Waals surface area contributed by atoms with Gasteiger partial charge in [-0.2, -0.15) is 0 Å². The average molecular weight is 244 g/mol. The van der Waals surface area contributed by atoms with Crippen molar-refractivity contribution >= 4 is 12.0 Å². The quantitative estimate of drug-likeness (QED) is 0.640. The average Bonchev–Trinajstić information content (AvgIpc) is 2.27. The molecule has 0 aromatic heterocycles. The monoisotopic (exact) mass is 244 g/mol. The number of carboxylic acids is 1. The molecule has 0 spiro atoms. The predicted molar refractivity (Wildman–Crippen MR) is 66.9 cm³/mol. The van der Waals surface area contributed by atoms with Gasteiger partial charge < -0.3 is 15.7 Å². The number of carbonyl (C=O) groups is 2. The Labute approximate surface area is 103 Å². The Bertz CT molecular complexity index is 252. The van der Waals surface area contributed by atoms with Crippen LogP contribution in [0, 0.1) is 5.92 Å². The van der Waals surface area contributed by atoms with Crippen molar-refractivity contribution in [1.82, 2.24) is 10.6 Å². The van der Waals surface area contributed by atoms with E-state index >= 15 is 0 Å². The lowest BCUT2D eigenvalue weighted by Gasteiger charge is -2.23. The first-order valence-electron chi connectivity index (χ1n) is 6.25. The van der Waals surface area contributed by atoms with Crippen molar-refractivity contribution in [3.63, 3.8) is 0 Å². The summed E-state index contributed by atoms with van der Waals surface area (Å²) in [5.41, 5.74) is 0. The second kappa shape index (κ2) is 7.92. The maximum absolute atomic E-state index is 11.6. The zero-order chi connectivity index (χ0) is 13.4. The zero-order valence-corrected chi connectivity index (χ0v) is 11.1. The van der Waals surface area contributed by atoms with Crippen LogP contribution >= 0.6 is 0 Å². The maximum Gasteiger partial charge on any atom is 0.326 e. The molecule has 0 aliphatic rings. The normalized spacial score (nSPS) is 14.2. The number of aliphatic carboxylic acids is 1. The van der Waals surface area contributed by atoms with E-state index in [-0.39, 0.29) is 6.04 Å². The van der Waals surface area contributed by atoms with Gasteiger partial charge in [-0.15, -0.1) is 0 Å². The second-order valence-corrected chi connectivity index (χ2v) is 4.28. The van der Waals surface area contributed by atoms with Crippen molar-refractivity contribution in [2.45, 2.75) is 59.0 Å². The summed E-state index contributed by atoms with van der Waals surface area (Å²) >= 11 is 0. The van der Waals surface area contributed by atoms with E-state index in [4.69, 9.17) is 5.11 Å². The van der Waals surface area contributed by atoms with E-state index in [1.165, 1.54) is 0 Å².